The molecule has 3 saturated carbocycles. The standard InChI is InChI=1S/C22H33F3O2/c1-13(2)14(3)27-20-17-11-7-5-9-15(17)19(21(4,26)22(23,24)25)16-10-6-8-12-18(16)20/h15-20,26H,1,3,5-12H2,2,4H3. The minimum atomic E-state index is -4.61. The Kier molecular flexibility index (Phi) is 5.73. The molecule has 3 aliphatic carbocycles. The van der Waals surface area contributed by atoms with E-state index in [1.165, 1.54) is 0 Å². The van der Waals surface area contributed by atoms with Crippen LogP contribution in [0.5, 0.6) is 0 Å². The summed E-state index contributed by atoms with van der Waals surface area (Å²) < 4.78 is 47.8. The van der Waals surface area contributed by atoms with E-state index in [4.69, 9.17) is 4.74 Å². The Labute approximate surface area is 160 Å². The maximum Gasteiger partial charge on any atom is 0.417 e. The van der Waals surface area contributed by atoms with E-state index in [1.54, 1.807) is 0 Å². The third kappa shape index (κ3) is 3.68. The summed E-state index contributed by atoms with van der Waals surface area (Å²) in [6.07, 6.45) is 2.38. The number of fused-ring (bicyclic) bond motifs is 2. The highest BCUT2D eigenvalue weighted by Crippen LogP contribution is 2.59. The van der Waals surface area contributed by atoms with Gasteiger partial charge < -0.3 is 9.84 Å². The van der Waals surface area contributed by atoms with Gasteiger partial charge in [-0.1, -0.05) is 38.8 Å². The van der Waals surface area contributed by atoms with Gasteiger partial charge in [0.05, 0.1) is 0 Å². The lowest BCUT2D eigenvalue weighted by molar-refractivity contribution is -0.302. The fraction of sp³-hybridized carbons (Fsp3) is 0.818. The van der Waals surface area contributed by atoms with E-state index in [0.29, 0.717) is 5.76 Å². The van der Waals surface area contributed by atoms with E-state index < -0.39 is 17.7 Å². The van der Waals surface area contributed by atoms with Crippen molar-refractivity contribution in [2.45, 2.75) is 83.1 Å². The first kappa shape index (κ1) is 20.8. The quantitative estimate of drug-likeness (QED) is 0.473. The van der Waals surface area contributed by atoms with Crippen LogP contribution < -0.4 is 0 Å². The first-order valence-electron chi connectivity index (χ1n) is 10.4. The van der Waals surface area contributed by atoms with E-state index in [2.05, 4.69) is 13.2 Å². The SMILES string of the molecule is C=C(C)C(=C)OC1C2CCCCC2C(C(C)(O)C(F)(F)F)C2CCCCC21. The molecule has 5 heteroatoms. The summed E-state index contributed by atoms with van der Waals surface area (Å²) in [4.78, 5) is 0. The van der Waals surface area contributed by atoms with E-state index in [0.717, 1.165) is 63.9 Å². The van der Waals surface area contributed by atoms with Crippen molar-refractivity contribution in [2.75, 3.05) is 0 Å². The van der Waals surface area contributed by atoms with Crippen LogP contribution in [0.3, 0.4) is 0 Å². The average molecular weight is 386 g/mol. The van der Waals surface area contributed by atoms with Crippen LogP contribution in [0, 0.1) is 29.6 Å². The summed E-state index contributed by atoms with van der Waals surface area (Å²) in [6.45, 7) is 10.7. The van der Waals surface area contributed by atoms with Gasteiger partial charge in [0.2, 0.25) is 0 Å². The van der Waals surface area contributed by atoms with Gasteiger partial charge >= 0.3 is 6.18 Å². The molecule has 0 aromatic carbocycles. The summed E-state index contributed by atoms with van der Waals surface area (Å²) in [7, 11) is 0. The number of allylic oxidation sites excluding steroid dienone is 1. The lowest BCUT2D eigenvalue weighted by atomic mass is 9.50. The first-order chi connectivity index (χ1) is 12.6. The van der Waals surface area contributed by atoms with Crippen molar-refractivity contribution in [1.82, 2.24) is 0 Å². The smallest absolute Gasteiger partial charge is 0.417 e. The Balaban J connectivity index is 2.00. The van der Waals surface area contributed by atoms with Gasteiger partial charge in [0.1, 0.15) is 11.9 Å². The molecule has 0 spiro atoms. The zero-order valence-electron chi connectivity index (χ0n) is 16.5. The molecule has 3 aliphatic rings. The predicted molar refractivity (Wildman–Crippen MR) is 99.9 cm³/mol. The minimum absolute atomic E-state index is 0.0491. The molecule has 0 saturated heterocycles. The summed E-state index contributed by atoms with van der Waals surface area (Å²) in [6, 6.07) is 0. The van der Waals surface area contributed by atoms with Crippen molar-refractivity contribution in [2.24, 2.45) is 29.6 Å². The van der Waals surface area contributed by atoms with Gasteiger partial charge in [0.25, 0.3) is 0 Å². The maximum atomic E-state index is 13.8. The van der Waals surface area contributed by atoms with Gasteiger partial charge in [-0.3, -0.25) is 0 Å². The second-order valence-corrected chi connectivity index (χ2v) is 9.18. The number of hydrogen-bond acceptors (Lipinski definition) is 2. The first-order valence-corrected chi connectivity index (χ1v) is 10.4. The summed E-state index contributed by atoms with van der Waals surface area (Å²) >= 11 is 0. The van der Waals surface area contributed by atoms with Gasteiger partial charge in [0, 0.05) is 5.92 Å². The molecule has 5 unspecified atom stereocenters. The van der Waals surface area contributed by atoms with Crippen molar-refractivity contribution in [3.05, 3.63) is 24.5 Å². The van der Waals surface area contributed by atoms with Crippen LogP contribution in [0.15, 0.2) is 24.5 Å². The molecular formula is C22H33F3O2. The van der Waals surface area contributed by atoms with Crippen LogP contribution in [0.1, 0.15) is 65.2 Å². The maximum absolute atomic E-state index is 13.8. The van der Waals surface area contributed by atoms with Crippen LogP contribution in [0.4, 0.5) is 13.2 Å². The van der Waals surface area contributed by atoms with E-state index in [1.807, 2.05) is 6.92 Å². The Bertz CT molecular complexity index is 557. The third-order valence-corrected chi connectivity index (χ3v) is 7.49. The normalized spacial score (nSPS) is 38.9. The van der Waals surface area contributed by atoms with Gasteiger partial charge in [-0.15, -0.1) is 0 Å². The molecular weight excluding hydrogens is 353 g/mol. The Morgan fingerprint density at radius 2 is 1.30 bits per heavy atom. The molecule has 3 rings (SSSR count). The molecule has 0 aromatic heterocycles. The van der Waals surface area contributed by atoms with Gasteiger partial charge in [0.15, 0.2) is 5.60 Å². The molecule has 154 valence electrons. The highest BCUT2D eigenvalue weighted by molar-refractivity contribution is 5.17. The second kappa shape index (κ2) is 7.46. The molecule has 3 fully saturated rings. The topological polar surface area (TPSA) is 29.5 Å². The van der Waals surface area contributed by atoms with E-state index in [9.17, 15) is 18.3 Å². The Morgan fingerprint density at radius 1 is 0.889 bits per heavy atom. The van der Waals surface area contributed by atoms with Crippen LogP contribution in [-0.4, -0.2) is 23.0 Å². The third-order valence-electron chi connectivity index (χ3n) is 7.49. The van der Waals surface area contributed by atoms with Crippen molar-refractivity contribution in [3.8, 4) is 0 Å². The number of ether oxygens (including phenoxy) is 1. The summed E-state index contributed by atoms with van der Waals surface area (Å²) in [5.41, 5.74) is -1.89. The largest absolute Gasteiger partial charge is 0.490 e. The van der Waals surface area contributed by atoms with Gasteiger partial charge in [-0.25, -0.2) is 0 Å². The molecule has 27 heavy (non-hydrogen) atoms. The lowest BCUT2D eigenvalue weighted by Crippen LogP contribution is -2.62. The molecule has 5 atom stereocenters. The van der Waals surface area contributed by atoms with E-state index in [-0.39, 0.29) is 29.8 Å². The molecule has 0 heterocycles. The van der Waals surface area contributed by atoms with Crippen LogP contribution in [0.2, 0.25) is 0 Å². The fourth-order valence-corrected chi connectivity index (χ4v) is 6.18. The highest BCUT2D eigenvalue weighted by atomic mass is 19.4. The van der Waals surface area contributed by atoms with Crippen molar-refractivity contribution >= 4 is 0 Å². The lowest BCUT2D eigenvalue weighted by Gasteiger charge is -2.58. The monoisotopic (exact) mass is 386 g/mol. The molecule has 0 radical (unpaired) electrons. The van der Waals surface area contributed by atoms with Crippen molar-refractivity contribution in [1.29, 1.82) is 0 Å². The van der Waals surface area contributed by atoms with Crippen LogP contribution in [0.25, 0.3) is 0 Å². The molecule has 0 aromatic rings. The number of hydrogen-bond donors (Lipinski definition) is 1. The van der Waals surface area contributed by atoms with Gasteiger partial charge in [-0.05, 0) is 68.8 Å². The van der Waals surface area contributed by atoms with E-state index >= 15 is 0 Å². The van der Waals surface area contributed by atoms with Crippen LogP contribution >= 0.6 is 0 Å². The van der Waals surface area contributed by atoms with Crippen molar-refractivity contribution < 1.29 is 23.0 Å². The predicted octanol–water partition coefficient (Wildman–Crippen LogP) is 6.02. The molecule has 0 amide bonds. The number of rotatable bonds is 4. The number of alkyl halides is 3. The zero-order chi connectivity index (χ0) is 20.0. The Hall–Kier alpha value is -0.970. The Morgan fingerprint density at radius 3 is 1.67 bits per heavy atom. The molecule has 0 bridgehead atoms. The van der Waals surface area contributed by atoms with Crippen LogP contribution in [-0.2, 0) is 4.74 Å². The molecule has 0 aliphatic heterocycles. The zero-order valence-corrected chi connectivity index (χ0v) is 16.5. The number of halogens is 3. The molecule has 1 N–H and O–H groups in total. The van der Waals surface area contributed by atoms with Gasteiger partial charge in [-0.2, -0.15) is 13.2 Å². The molecule has 2 nitrogen and oxygen atoms in total. The fourth-order valence-electron chi connectivity index (χ4n) is 6.18. The average Bonchev–Trinajstić information content (AvgIpc) is 2.60. The number of aliphatic hydroxyl groups is 1. The minimum Gasteiger partial charge on any atom is -0.490 e. The highest BCUT2D eigenvalue weighted by Gasteiger charge is 2.64. The summed E-state index contributed by atoms with van der Waals surface area (Å²) in [5.74, 6) is -0.405. The summed E-state index contributed by atoms with van der Waals surface area (Å²) in [5, 5.41) is 10.7. The second-order valence-electron chi connectivity index (χ2n) is 9.18. The van der Waals surface area contributed by atoms with Crippen molar-refractivity contribution in [3.63, 3.8) is 0 Å².